The maximum absolute atomic E-state index is 9.70. The van der Waals surface area contributed by atoms with Crippen LogP contribution in [0.3, 0.4) is 0 Å². The number of unbranched alkanes of at least 4 members (excludes halogenated alkanes) is 1. The minimum atomic E-state index is -0.773. The molecule has 0 spiro atoms. The van der Waals surface area contributed by atoms with Crippen molar-refractivity contribution in [3.8, 4) is 0 Å². The van der Waals surface area contributed by atoms with Crippen LogP contribution in [0.15, 0.2) is 0 Å². The van der Waals surface area contributed by atoms with Gasteiger partial charge in [0, 0.05) is 6.42 Å². The molecule has 0 aromatic rings. The van der Waals surface area contributed by atoms with Crippen LogP contribution in [0, 0.1) is 0 Å². The van der Waals surface area contributed by atoms with Crippen LogP contribution < -0.4 is 11.5 Å². The fourth-order valence-corrected chi connectivity index (χ4v) is 0.457. The Labute approximate surface area is 73.9 Å². The SMILES string of the molecule is CCCCN.NCCCC(=O)O. The topological polar surface area (TPSA) is 89.3 Å². The van der Waals surface area contributed by atoms with E-state index in [4.69, 9.17) is 16.6 Å². The number of carbonyl (C=O) groups is 1. The molecule has 0 radical (unpaired) electrons. The van der Waals surface area contributed by atoms with Crippen molar-refractivity contribution in [1.29, 1.82) is 0 Å². The van der Waals surface area contributed by atoms with Crippen molar-refractivity contribution < 1.29 is 9.90 Å². The molecule has 0 saturated carbocycles. The van der Waals surface area contributed by atoms with Crippen molar-refractivity contribution in [2.75, 3.05) is 13.1 Å². The van der Waals surface area contributed by atoms with Crippen LogP contribution in [0.5, 0.6) is 0 Å². The quantitative estimate of drug-likeness (QED) is 0.571. The van der Waals surface area contributed by atoms with Gasteiger partial charge in [0.1, 0.15) is 0 Å². The summed E-state index contributed by atoms with van der Waals surface area (Å²) in [6, 6.07) is 0. The van der Waals surface area contributed by atoms with E-state index in [2.05, 4.69) is 6.92 Å². The van der Waals surface area contributed by atoms with Gasteiger partial charge in [0.25, 0.3) is 0 Å². The molecule has 74 valence electrons. The lowest BCUT2D eigenvalue weighted by Crippen LogP contribution is -2.02. The van der Waals surface area contributed by atoms with E-state index in [-0.39, 0.29) is 6.42 Å². The molecule has 5 N–H and O–H groups in total. The maximum Gasteiger partial charge on any atom is 0.303 e. The van der Waals surface area contributed by atoms with Crippen LogP contribution in [0.1, 0.15) is 32.6 Å². The molecule has 0 fully saturated rings. The second kappa shape index (κ2) is 13.0. The van der Waals surface area contributed by atoms with Gasteiger partial charge in [-0.3, -0.25) is 4.79 Å². The summed E-state index contributed by atoms with van der Waals surface area (Å²) >= 11 is 0. The van der Waals surface area contributed by atoms with Crippen molar-refractivity contribution in [3.05, 3.63) is 0 Å². The van der Waals surface area contributed by atoms with E-state index >= 15 is 0 Å². The van der Waals surface area contributed by atoms with Gasteiger partial charge in [-0.15, -0.1) is 0 Å². The Bertz CT molecular complexity index is 95.1. The average molecular weight is 176 g/mol. The van der Waals surface area contributed by atoms with Crippen molar-refractivity contribution in [1.82, 2.24) is 0 Å². The molecule has 4 nitrogen and oxygen atoms in total. The van der Waals surface area contributed by atoms with Gasteiger partial charge in [0.2, 0.25) is 0 Å². The first-order chi connectivity index (χ1) is 5.68. The van der Waals surface area contributed by atoms with Crippen LogP contribution in [-0.2, 0) is 4.79 Å². The molecule has 0 aromatic heterocycles. The summed E-state index contributed by atoms with van der Waals surface area (Å²) in [5, 5.41) is 7.99. The number of nitrogens with two attached hydrogens (primary N) is 2. The number of rotatable bonds is 5. The summed E-state index contributed by atoms with van der Waals surface area (Å²) in [7, 11) is 0. The first-order valence-electron chi connectivity index (χ1n) is 4.30. The van der Waals surface area contributed by atoms with E-state index in [9.17, 15) is 4.79 Å². The molecular weight excluding hydrogens is 156 g/mol. The number of hydrogen-bond acceptors (Lipinski definition) is 3. The number of carboxylic acid groups (broad SMARTS) is 1. The Morgan fingerprint density at radius 1 is 1.25 bits per heavy atom. The molecule has 0 heterocycles. The second-order valence-electron chi connectivity index (χ2n) is 2.43. The van der Waals surface area contributed by atoms with Gasteiger partial charge in [-0.2, -0.15) is 0 Å². The van der Waals surface area contributed by atoms with E-state index in [1.54, 1.807) is 0 Å². The Morgan fingerprint density at radius 2 is 1.75 bits per heavy atom. The zero-order chi connectivity index (χ0) is 9.82. The van der Waals surface area contributed by atoms with Gasteiger partial charge < -0.3 is 16.6 Å². The van der Waals surface area contributed by atoms with Gasteiger partial charge in [-0.25, -0.2) is 0 Å². The van der Waals surface area contributed by atoms with E-state index < -0.39 is 5.97 Å². The number of hydrogen-bond donors (Lipinski definition) is 3. The smallest absolute Gasteiger partial charge is 0.303 e. The lowest BCUT2D eigenvalue weighted by molar-refractivity contribution is -0.137. The first kappa shape index (κ1) is 13.9. The lowest BCUT2D eigenvalue weighted by Gasteiger charge is -1.86. The van der Waals surface area contributed by atoms with Gasteiger partial charge in [-0.1, -0.05) is 13.3 Å². The van der Waals surface area contributed by atoms with Gasteiger partial charge in [0.05, 0.1) is 0 Å². The third-order valence-electron chi connectivity index (χ3n) is 1.15. The third kappa shape index (κ3) is 22.8. The molecule has 4 heteroatoms. The average Bonchev–Trinajstić information content (AvgIpc) is 2.03. The Kier molecular flexibility index (Phi) is 15.1. The molecule has 0 atom stereocenters. The molecule has 0 aliphatic carbocycles. The first-order valence-corrected chi connectivity index (χ1v) is 4.30. The van der Waals surface area contributed by atoms with Crippen molar-refractivity contribution in [3.63, 3.8) is 0 Å². The molecule has 0 saturated heterocycles. The molecule has 0 aliphatic heterocycles. The van der Waals surface area contributed by atoms with Crippen LogP contribution in [-0.4, -0.2) is 24.2 Å². The number of aliphatic carboxylic acids is 1. The second-order valence-corrected chi connectivity index (χ2v) is 2.43. The minimum absolute atomic E-state index is 0.191. The van der Waals surface area contributed by atoms with E-state index in [1.165, 1.54) is 12.8 Å². The van der Waals surface area contributed by atoms with Gasteiger partial charge in [0.15, 0.2) is 0 Å². The Morgan fingerprint density at radius 3 is 1.83 bits per heavy atom. The molecule has 0 rings (SSSR count). The summed E-state index contributed by atoms with van der Waals surface area (Å²) in [5.41, 5.74) is 10.2. The van der Waals surface area contributed by atoms with E-state index in [0.29, 0.717) is 13.0 Å². The standard InChI is InChI=1S/C4H9NO2.C4H11N/c5-3-1-2-4(6)7;1-2-3-4-5/h1-3,5H2,(H,6,7);2-5H2,1H3. The highest BCUT2D eigenvalue weighted by Gasteiger charge is 1.91. The Hall–Kier alpha value is -0.610. The highest BCUT2D eigenvalue weighted by atomic mass is 16.4. The van der Waals surface area contributed by atoms with Gasteiger partial charge >= 0.3 is 5.97 Å². The predicted octanol–water partition coefficient (Wildman–Crippen LogP) is 0.555. The zero-order valence-corrected chi connectivity index (χ0v) is 7.75. The highest BCUT2D eigenvalue weighted by Crippen LogP contribution is 1.82. The number of carboxylic acids is 1. The summed E-state index contributed by atoms with van der Waals surface area (Å²) in [6.07, 6.45) is 3.16. The zero-order valence-electron chi connectivity index (χ0n) is 7.75. The largest absolute Gasteiger partial charge is 0.481 e. The summed E-state index contributed by atoms with van der Waals surface area (Å²) in [6.45, 7) is 3.44. The maximum atomic E-state index is 9.70. The molecule has 0 aromatic carbocycles. The molecule has 0 bridgehead atoms. The van der Waals surface area contributed by atoms with E-state index in [0.717, 1.165) is 6.54 Å². The van der Waals surface area contributed by atoms with E-state index in [1.807, 2.05) is 0 Å². The summed E-state index contributed by atoms with van der Waals surface area (Å²) in [4.78, 5) is 9.70. The normalized spacial score (nSPS) is 8.58. The summed E-state index contributed by atoms with van der Waals surface area (Å²) < 4.78 is 0. The Balaban J connectivity index is 0. The monoisotopic (exact) mass is 176 g/mol. The van der Waals surface area contributed by atoms with Crippen LogP contribution in [0.4, 0.5) is 0 Å². The van der Waals surface area contributed by atoms with Crippen LogP contribution >= 0.6 is 0 Å². The van der Waals surface area contributed by atoms with Crippen LogP contribution in [0.25, 0.3) is 0 Å². The van der Waals surface area contributed by atoms with Crippen LogP contribution in [0.2, 0.25) is 0 Å². The highest BCUT2D eigenvalue weighted by molar-refractivity contribution is 5.66. The fraction of sp³-hybridized carbons (Fsp3) is 0.875. The molecule has 0 aliphatic rings. The molecular formula is C8H20N2O2. The van der Waals surface area contributed by atoms with Gasteiger partial charge in [-0.05, 0) is 25.9 Å². The summed E-state index contributed by atoms with van der Waals surface area (Å²) in [5.74, 6) is -0.773. The molecule has 0 unspecified atom stereocenters. The third-order valence-corrected chi connectivity index (χ3v) is 1.15. The molecule has 0 amide bonds. The molecule has 12 heavy (non-hydrogen) atoms. The van der Waals surface area contributed by atoms with Crippen molar-refractivity contribution in [2.45, 2.75) is 32.6 Å². The minimum Gasteiger partial charge on any atom is -0.481 e. The lowest BCUT2D eigenvalue weighted by atomic mass is 10.3. The van der Waals surface area contributed by atoms with Crippen molar-refractivity contribution in [2.24, 2.45) is 11.5 Å². The predicted molar refractivity (Wildman–Crippen MR) is 49.9 cm³/mol. The fourth-order valence-electron chi connectivity index (χ4n) is 0.457. The van der Waals surface area contributed by atoms with Crippen molar-refractivity contribution >= 4 is 5.97 Å².